The van der Waals surface area contributed by atoms with Crippen LogP contribution in [0.4, 0.5) is 19.1 Å². The van der Waals surface area contributed by atoms with E-state index in [1.54, 1.807) is 0 Å². The monoisotopic (exact) mass is 368 g/mol. The van der Waals surface area contributed by atoms with Crippen LogP contribution in [0.15, 0.2) is 18.2 Å². The summed E-state index contributed by atoms with van der Waals surface area (Å²) in [5.74, 6) is 0.197. The van der Waals surface area contributed by atoms with Crippen molar-refractivity contribution < 1.29 is 13.2 Å². The molecule has 2 aromatic rings. The molecule has 0 radical (unpaired) electrons. The maximum atomic E-state index is 13.3. The second kappa shape index (κ2) is 6.25. The van der Waals surface area contributed by atoms with Gasteiger partial charge in [0.25, 0.3) is 0 Å². The van der Waals surface area contributed by atoms with E-state index in [1.807, 2.05) is 24.0 Å². The third-order valence-electron chi connectivity index (χ3n) is 4.87. The predicted molar refractivity (Wildman–Crippen MR) is 91.9 cm³/mol. The van der Waals surface area contributed by atoms with Crippen molar-refractivity contribution in [2.45, 2.75) is 32.0 Å². The van der Waals surface area contributed by atoms with Crippen molar-refractivity contribution in [1.82, 2.24) is 14.9 Å². The average molecular weight is 368 g/mol. The normalized spacial score (nSPS) is 21.6. The molecule has 4 rings (SSSR count). The largest absolute Gasteiger partial charge is 0.433 e. The number of piperazine rings is 1. The number of aromatic nitrogens is 2. The van der Waals surface area contributed by atoms with Crippen molar-refractivity contribution in [3.63, 3.8) is 0 Å². The van der Waals surface area contributed by atoms with Crippen molar-refractivity contribution in [3.8, 4) is 10.6 Å². The van der Waals surface area contributed by atoms with Crippen LogP contribution in [0.3, 0.4) is 0 Å². The Bertz CT molecular complexity index is 773. The Labute approximate surface area is 148 Å². The van der Waals surface area contributed by atoms with Crippen LogP contribution in [-0.2, 0) is 6.18 Å². The van der Waals surface area contributed by atoms with Crippen LogP contribution in [0.1, 0.15) is 23.4 Å². The van der Waals surface area contributed by atoms with Crippen LogP contribution >= 0.6 is 11.3 Å². The van der Waals surface area contributed by atoms with Crippen molar-refractivity contribution in [1.29, 1.82) is 0 Å². The van der Waals surface area contributed by atoms with Crippen LogP contribution in [-0.4, -0.2) is 47.1 Å². The van der Waals surface area contributed by atoms with E-state index in [9.17, 15) is 13.2 Å². The lowest BCUT2D eigenvalue weighted by atomic mass is 10.1. The van der Waals surface area contributed by atoms with Gasteiger partial charge in [-0.05, 0) is 44.5 Å². The van der Waals surface area contributed by atoms with Crippen molar-refractivity contribution in [2.75, 3.05) is 31.1 Å². The highest BCUT2D eigenvalue weighted by atomic mass is 32.1. The van der Waals surface area contributed by atoms with Crippen LogP contribution in [0, 0.1) is 6.92 Å². The van der Waals surface area contributed by atoms with Gasteiger partial charge >= 0.3 is 6.18 Å². The first kappa shape index (κ1) is 16.8. The number of halogens is 3. The fourth-order valence-corrected chi connectivity index (χ4v) is 4.42. The SMILES string of the molecule is Cc1ccc(-c2cc(C(F)(F)F)nc(N3CCN4CCC[C@@H]4C3)n2)s1. The maximum Gasteiger partial charge on any atom is 0.433 e. The zero-order valence-electron chi connectivity index (χ0n) is 13.9. The average Bonchev–Trinajstić information content (AvgIpc) is 3.21. The topological polar surface area (TPSA) is 32.3 Å². The van der Waals surface area contributed by atoms with Crippen LogP contribution < -0.4 is 4.90 Å². The van der Waals surface area contributed by atoms with E-state index in [-0.39, 0.29) is 5.95 Å². The Morgan fingerprint density at radius 3 is 2.72 bits per heavy atom. The molecular formula is C17H19F3N4S. The molecule has 4 heterocycles. The fraction of sp³-hybridized carbons (Fsp3) is 0.529. The number of hydrogen-bond acceptors (Lipinski definition) is 5. The molecule has 2 saturated heterocycles. The summed E-state index contributed by atoms with van der Waals surface area (Å²) in [6, 6.07) is 5.17. The molecule has 0 aliphatic carbocycles. The van der Waals surface area contributed by atoms with Gasteiger partial charge in [0.05, 0.1) is 10.6 Å². The molecule has 0 aromatic carbocycles. The third-order valence-corrected chi connectivity index (χ3v) is 5.89. The summed E-state index contributed by atoms with van der Waals surface area (Å²) in [6.07, 6.45) is -2.23. The fourth-order valence-electron chi connectivity index (χ4n) is 3.59. The van der Waals surface area contributed by atoms with Crippen LogP contribution in [0.5, 0.6) is 0 Å². The molecule has 2 aromatic heterocycles. The molecule has 0 N–H and O–H groups in total. The number of alkyl halides is 3. The summed E-state index contributed by atoms with van der Waals surface area (Å²) >= 11 is 1.45. The van der Waals surface area contributed by atoms with Gasteiger partial charge in [0.2, 0.25) is 5.95 Å². The summed E-state index contributed by atoms with van der Waals surface area (Å²) in [7, 11) is 0. The zero-order chi connectivity index (χ0) is 17.6. The van der Waals surface area contributed by atoms with Gasteiger partial charge in [0.1, 0.15) is 0 Å². The minimum Gasteiger partial charge on any atom is -0.338 e. The summed E-state index contributed by atoms with van der Waals surface area (Å²) in [4.78, 5) is 14.4. The van der Waals surface area contributed by atoms with Gasteiger partial charge in [-0.3, -0.25) is 4.90 Å². The smallest absolute Gasteiger partial charge is 0.338 e. The van der Waals surface area contributed by atoms with Gasteiger partial charge in [0.15, 0.2) is 5.69 Å². The molecule has 2 fully saturated rings. The molecular weight excluding hydrogens is 349 g/mol. The lowest BCUT2D eigenvalue weighted by molar-refractivity contribution is -0.141. The van der Waals surface area contributed by atoms with E-state index >= 15 is 0 Å². The van der Waals surface area contributed by atoms with Crippen molar-refractivity contribution in [3.05, 3.63) is 28.8 Å². The summed E-state index contributed by atoms with van der Waals surface area (Å²) in [5, 5.41) is 0. The molecule has 25 heavy (non-hydrogen) atoms. The van der Waals surface area contributed by atoms with Gasteiger partial charge in [-0.1, -0.05) is 0 Å². The lowest BCUT2D eigenvalue weighted by Crippen LogP contribution is -2.50. The number of fused-ring (bicyclic) bond motifs is 1. The van der Waals surface area contributed by atoms with E-state index in [4.69, 9.17) is 0 Å². The molecule has 1 atom stereocenters. The molecule has 2 aliphatic rings. The molecule has 0 spiro atoms. The number of aryl methyl sites for hydroxylation is 1. The number of nitrogens with zero attached hydrogens (tertiary/aromatic N) is 4. The Balaban J connectivity index is 1.71. The highest BCUT2D eigenvalue weighted by Gasteiger charge is 2.36. The van der Waals surface area contributed by atoms with E-state index in [1.165, 1.54) is 11.3 Å². The molecule has 0 saturated carbocycles. The molecule has 2 aliphatic heterocycles. The standard InChI is InChI=1S/C17H19F3N4S/c1-11-4-5-14(25-11)13-9-15(17(18,19)20)22-16(21-13)24-8-7-23-6-2-3-12(23)10-24/h4-5,9,12H,2-3,6-8,10H2,1H3/t12-/m1/s1. The van der Waals surface area contributed by atoms with E-state index in [0.717, 1.165) is 41.8 Å². The van der Waals surface area contributed by atoms with Gasteiger partial charge < -0.3 is 4.90 Å². The molecule has 4 nitrogen and oxygen atoms in total. The molecule has 0 amide bonds. The molecule has 134 valence electrons. The highest BCUT2D eigenvalue weighted by molar-refractivity contribution is 7.15. The highest BCUT2D eigenvalue weighted by Crippen LogP contribution is 2.34. The van der Waals surface area contributed by atoms with Gasteiger partial charge in [-0.25, -0.2) is 9.97 Å². The van der Waals surface area contributed by atoms with Gasteiger partial charge in [-0.15, -0.1) is 11.3 Å². The Hall–Kier alpha value is -1.67. The number of anilines is 1. The summed E-state index contributed by atoms with van der Waals surface area (Å²) in [5.41, 5.74) is -0.517. The van der Waals surface area contributed by atoms with Crippen LogP contribution in [0.25, 0.3) is 10.6 Å². The first-order chi connectivity index (χ1) is 11.9. The Kier molecular flexibility index (Phi) is 4.19. The minimum atomic E-state index is -4.48. The predicted octanol–water partition coefficient (Wildman–Crippen LogP) is 3.82. The Morgan fingerprint density at radius 2 is 2.00 bits per heavy atom. The number of thiophene rings is 1. The quantitative estimate of drug-likeness (QED) is 0.807. The zero-order valence-corrected chi connectivity index (χ0v) is 14.7. The first-order valence-electron chi connectivity index (χ1n) is 8.42. The minimum absolute atomic E-state index is 0.197. The number of rotatable bonds is 2. The van der Waals surface area contributed by atoms with Gasteiger partial charge in [-0.2, -0.15) is 13.2 Å². The van der Waals surface area contributed by atoms with E-state index in [2.05, 4.69) is 14.9 Å². The van der Waals surface area contributed by atoms with E-state index in [0.29, 0.717) is 24.8 Å². The van der Waals surface area contributed by atoms with Crippen LogP contribution in [0.2, 0.25) is 0 Å². The van der Waals surface area contributed by atoms with Gasteiger partial charge in [0, 0.05) is 30.6 Å². The molecule has 0 bridgehead atoms. The maximum absolute atomic E-state index is 13.3. The van der Waals surface area contributed by atoms with E-state index < -0.39 is 11.9 Å². The second-order valence-corrected chi connectivity index (χ2v) is 7.91. The van der Waals surface area contributed by atoms with Crippen molar-refractivity contribution in [2.24, 2.45) is 0 Å². The molecule has 8 heteroatoms. The molecule has 0 unspecified atom stereocenters. The first-order valence-corrected chi connectivity index (χ1v) is 9.24. The lowest BCUT2D eigenvalue weighted by Gasteiger charge is -2.37. The number of hydrogen-bond donors (Lipinski definition) is 0. The Morgan fingerprint density at radius 1 is 1.16 bits per heavy atom. The third kappa shape index (κ3) is 3.37. The summed E-state index contributed by atoms with van der Waals surface area (Å²) < 4.78 is 40.0. The summed E-state index contributed by atoms with van der Waals surface area (Å²) in [6.45, 7) is 5.24. The second-order valence-electron chi connectivity index (χ2n) is 6.62. The van der Waals surface area contributed by atoms with Crippen molar-refractivity contribution >= 4 is 17.3 Å².